The van der Waals surface area contributed by atoms with E-state index in [2.05, 4.69) is 10.6 Å². The van der Waals surface area contributed by atoms with Gasteiger partial charge in [-0.25, -0.2) is 0 Å². The highest BCUT2D eigenvalue weighted by molar-refractivity contribution is 5.83. The van der Waals surface area contributed by atoms with Crippen LogP contribution in [0.4, 0.5) is 0 Å². The number of nitrogens with two attached hydrogens (primary N) is 2. The maximum absolute atomic E-state index is 11.7. The number of nitrogens with one attached hydrogen (secondary N) is 2. The summed E-state index contributed by atoms with van der Waals surface area (Å²) in [5, 5.41) is 23.2. The molecule has 20 heavy (non-hydrogen) atoms. The summed E-state index contributed by atoms with van der Waals surface area (Å²) in [4.78, 5) is 23.4. The van der Waals surface area contributed by atoms with E-state index in [4.69, 9.17) is 21.7 Å². The Morgan fingerprint density at radius 3 is 1.60 bits per heavy atom. The maximum Gasteiger partial charge on any atom is 0.239 e. The molecule has 0 spiro atoms. The lowest BCUT2D eigenvalue weighted by Crippen LogP contribution is -2.58. The Kier molecular flexibility index (Phi) is 6.86. The quantitative estimate of drug-likeness (QED) is 0.310. The smallest absolute Gasteiger partial charge is 0.239 e. The van der Waals surface area contributed by atoms with Crippen molar-refractivity contribution in [3.8, 4) is 0 Å². The molecule has 1 saturated carbocycles. The molecule has 1 aliphatic rings. The topological polar surface area (TPSA) is 151 Å². The van der Waals surface area contributed by atoms with Gasteiger partial charge in [-0.05, 0) is 12.8 Å². The van der Waals surface area contributed by atoms with Gasteiger partial charge in [0.15, 0.2) is 0 Å². The van der Waals surface area contributed by atoms with Gasteiger partial charge >= 0.3 is 0 Å². The monoisotopic (exact) mass is 288 g/mol. The number of hydrogen-bond acceptors (Lipinski definition) is 6. The fourth-order valence-electron chi connectivity index (χ4n) is 2.22. The zero-order chi connectivity index (χ0) is 15.1. The van der Waals surface area contributed by atoms with Gasteiger partial charge in [-0.2, -0.15) is 0 Å². The molecule has 8 N–H and O–H groups in total. The van der Waals surface area contributed by atoms with Crippen molar-refractivity contribution in [1.82, 2.24) is 10.6 Å². The molecule has 0 saturated heterocycles. The number of aliphatic hydroxyl groups excluding tert-OH is 2. The van der Waals surface area contributed by atoms with E-state index in [1.165, 1.54) is 0 Å². The van der Waals surface area contributed by atoms with E-state index in [-0.39, 0.29) is 12.1 Å². The zero-order valence-corrected chi connectivity index (χ0v) is 11.4. The molecule has 0 aliphatic heterocycles. The number of hydrogen-bond donors (Lipinski definition) is 6. The molecule has 8 nitrogen and oxygen atoms in total. The molecule has 2 amide bonds. The highest BCUT2D eigenvalue weighted by Crippen LogP contribution is 2.18. The number of rotatable bonds is 6. The summed E-state index contributed by atoms with van der Waals surface area (Å²) < 4.78 is 0. The van der Waals surface area contributed by atoms with Crippen molar-refractivity contribution in [2.45, 2.75) is 49.9 Å². The van der Waals surface area contributed by atoms with Crippen molar-refractivity contribution >= 4 is 11.8 Å². The number of carbonyl (C=O) groups excluding carboxylic acids is 2. The molecule has 0 heterocycles. The third kappa shape index (κ3) is 4.71. The SMILES string of the molecule is N[C@H](CO)C(=O)N[C@@H]1CCCC[C@H]1NC(=O)[C@@H](N)CO. The van der Waals surface area contributed by atoms with E-state index in [1.54, 1.807) is 0 Å². The Bertz CT molecular complexity index is 307. The fourth-order valence-corrected chi connectivity index (χ4v) is 2.22. The highest BCUT2D eigenvalue weighted by atomic mass is 16.3. The first-order valence-electron chi connectivity index (χ1n) is 6.83. The summed E-state index contributed by atoms with van der Waals surface area (Å²) in [7, 11) is 0. The van der Waals surface area contributed by atoms with Gasteiger partial charge in [0.25, 0.3) is 0 Å². The van der Waals surface area contributed by atoms with Gasteiger partial charge in [0, 0.05) is 12.1 Å². The van der Waals surface area contributed by atoms with Crippen molar-refractivity contribution in [1.29, 1.82) is 0 Å². The molecule has 1 rings (SSSR count). The molecule has 0 unspecified atom stereocenters. The molecule has 1 aliphatic carbocycles. The van der Waals surface area contributed by atoms with Crippen LogP contribution in [0.25, 0.3) is 0 Å². The second-order valence-electron chi connectivity index (χ2n) is 5.09. The van der Waals surface area contributed by atoms with Crippen molar-refractivity contribution in [3.05, 3.63) is 0 Å². The van der Waals surface area contributed by atoms with Gasteiger partial charge in [0.05, 0.1) is 13.2 Å². The molecule has 1 fully saturated rings. The molecule has 0 aromatic heterocycles. The van der Waals surface area contributed by atoms with Crippen molar-refractivity contribution < 1.29 is 19.8 Å². The highest BCUT2D eigenvalue weighted by Gasteiger charge is 2.29. The van der Waals surface area contributed by atoms with Crippen molar-refractivity contribution in [3.63, 3.8) is 0 Å². The Labute approximate surface area is 117 Å². The van der Waals surface area contributed by atoms with Crippen LogP contribution < -0.4 is 22.1 Å². The summed E-state index contributed by atoms with van der Waals surface area (Å²) in [5.41, 5.74) is 10.9. The van der Waals surface area contributed by atoms with E-state index >= 15 is 0 Å². The van der Waals surface area contributed by atoms with Crippen LogP contribution in [-0.4, -0.2) is 59.4 Å². The minimum Gasteiger partial charge on any atom is -0.394 e. The summed E-state index contributed by atoms with van der Waals surface area (Å²) >= 11 is 0. The average Bonchev–Trinajstić information content (AvgIpc) is 2.47. The summed E-state index contributed by atoms with van der Waals surface area (Å²) in [6.07, 6.45) is 3.34. The second-order valence-corrected chi connectivity index (χ2v) is 5.09. The van der Waals surface area contributed by atoms with Gasteiger partial charge in [0.2, 0.25) is 11.8 Å². The fraction of sp³-hybridized carbons (Fsp3) is 0.833. The van der Waals surface area contributed by atoms with Gasteiger partial charge in [-0.15, -0.1) is 0 Å². The van der Waals surface area contributed by atoms with Crippen LogP contribution in [0.5, 0.6) is 0 Å². The molecular weight excluding hydrogens is 264 g/mol. The summed E-state index contributed by atoms with van der Waals surface area (Å²) in [5.74, 6) is -0.879. The van der Waals surface area contributed by atoms with Crippen molar-refractivity contribution in [2.75, 3.05) is 13.2 Å². The predicted molar refractivity (Wildman–Crippen MR) is 72.5 cm³/mol. The van der Waals surface area contributed by atoms with E-state index in [0.717, 1.165) is 25.7 Å². The van der Waals surface area contributed by atoms with E-state index < -0.39 is 37.1 Å². The van der Waals surface area contributed by atoms with Crippen LogP contribution in [0.1, 0.15) is 25.7 Å². The lowest BCUT2D eigenvalue weighted by atomic mass is 9.89. The van der Waals surface area contributed by atoms with E-state index in [9.17, 15) is 9.59 Å². The van der Waals surface area contributed by atoms with E-state index in [0.29, 0.717) is 0 Å². The molecule has 116 valence electrons. The number of carbonyl (C=O) groups is 2. The van der Waals surface area contributed by atoms with Crippen LogP contribution in [0.3, 0.4) is 0 Å². The molecule has 0 radical (unpaired) electrons. The first-order valence-corrected chi connectivity index (χ1v) is 6.83. The first kappa shape index (κ1) is 16.8. The van der Waals surface area contributed by atoms with Crippen LogP contribution in [0.15, 0.2) is 0 Å². The molecular formula is C12H24N4O4. The largest absolute Gasteiger partial charge is 0.394 e. The van der Waals surface area contributed by atoms with E-state index in [1.807, 2.05) is 0 Å². The zero-order valence-electron chi connectivity index (χ0n) is 11.4. The van der Waals surface area contributed by atoms with Crippen LogP contribution >= 0.6 is 0 Å². The summed E-state index contributed by atoms with van der Waals surface area (Å²) in [6.45, 7) is -0.851. The minimum absolute atomic E-state index is 0.233. The molecule has 0 aromatic carbocycles. The molecule has 8 heteroatoms. The van der Waals surface area contributed by atoms with Crippen LogP contribution in [0.2, 0.25) is 0 Å². The third-order valence-corrected chi connectivity index (χ3v) is 3.49. The predicted octanol–water partition coefficient (Wildman–Crippen LogP) is -2.83. The molecule has 0 bridgehead atoms. The molecule has 4 atom stereocenters. The minimum atomic E-state index is -0.965. The number of aliphatic hydroxyl groups is 2. The number of amides is 2. The van der Waals surface area contributed by atoms with Crippen LogP contribution in [0, 0.1) is 0 Å². The Morgan fingerprint density at radius 1 is 0.950 bits per heavy atom. The first-order chi connectivity index (χ1) is 9.49. The second kappa shape index (κ2) is 8.15. The van der Waals surface area contributed by atoms with Gasteiger partial charge in [-0.3, -0.25) is 9.59 Å². The lowest BCUT2D eigenvalue weighted by Gasteiger charge is -2.33. The Morgan fingerprint density at radius 2 is 1.30 bits per heavy atom. The van der Waals surface area contributed by atoms with Gasteiger partial charge < -0.3 is 32.3 Å². The standard InChI is InChI=1S/C12H24N4O4/c13-7(5-17)11(19)15-9-3-1-2-4-10(9)16-12(20)8(14)6-18/h7-10,17-18H,1-6,13-14H2,(H,15,19)(H,16,20)/t7-,8+,9-,10-/m1/s1. The van der Waals surface area contributed by atoms with Gasteiger partial charge in [0.1, 0.15) is 12.1 Å². The Hall–Kier alpha value is -1.22. The summed E-state index contributed by atoms with van der Waals surface area (Å²) in [6, 6.07) is -2.40. The van der Waals surface area contributed by atoms with Crippen LogP contribution in [-0.2, 0) is 9.59 Å². The normalized spacial score (nSPS) is 25.6. The third-order valence-electron chi connectivity index (χ3n) is 3.49. The lowest BCUT2D eigenvalue weighted by molar-refractivity contribution is -0.127. The molecule has 0 aromatic rings. The maximum atomic E-state index is 11.7. The van der Waals surface area contributed by atoms with Gasteiger partial charge in [-0.1, -0.05) is 12.8 Å². The Balaban J connectivity index is 2.58. The average molecular weight is 288 g/mol. The van der Waals surface area contributed by atoms with Crippen molar-refractivity contribution in [2.24, 2.45) is 11.5 Å².